The number of nitrogens with one attached hydrogen (secondary N) is 1. The lowest BCUT2D eigenvalue weighted by Crippen LogP contribution is -2.50. The minimum absolute atomic E-state index is 0.0604. The number of sulfonamides is 1. The van der Waals surface area contributed by atoms with Crippen LogP contribution in [0.2, 0.25) is 5.02 Å². The van der Waals surface area contributed by atoms with E-state index in [-0.39, 0.29) is 11.3 Å². The van der Waals surface area contributed by atoms with Gasteiger partial charge in [-0.05, 0) is 117 Å². The van der Waals surface area contributed by atoms with Gasteiger partial charge in [-0.15, -0.1) is 0 Å². The summed E-state index contributed by atoms with van der Waals surface area (Å²) in [4.78, 5) is 18.6. The molecule has 7 rings (SSSR count). The van der Waals surface area contributed by atoms with Crippen molar-refractivity contribution in [3.05, 3.63) is 58.1 Å². The topological polar surface area (TPSA) is 88.2 Å². The van der Waals surface area contributed by atoms with Gasteiger partial charge in [-0.3, -0.25) is 9.69 Å². The Morgan fingerprint density at radius 1 is 1.02 bits per heavy atom. The fourth-order valence-electron chi connectivity index (χ4n) is 9.06. The highest BCUT2D eigenvalue weighted by atomic mass is 35.5. The molecule has 2 bridgehead atoms. The number of ether oxygens (including phenoxy) is 2. The number of hydrogen-bond acceptors (Lipinski definition) is 7. The lowest BCUT2D eigenvalue weighted by Gasteiger charge is -2.48. The molecule has 2 aromatic carbocycles. The average molecular weight is 684 g/mol. The van der Waals surface area contributed by atoms with E-state index in [4.69, 9.17) is 21.1 Å². The number of morpholine rings is 1. The lowest BCUT2D eigenvalue weighted by atomic mass is 9.65. The number of nitrogens with zero attached hydrogens (tertiary/aromatic N) is 2. The maximum atomic E-state index is 13.5. The minimum Gasteiger partial charge on any atom is -0.490 e. The van der Waals surface area contributed by atoms with E-state index in [1.165, 1.54) is 24.0 Å². The maximum Gasteiger partial charge on any atom is 0.264 e. The quantitative estimate of drug-likeness (QED) is 0.412. The number of anilines is 1. The molecule has 2 fully saturated rings. The Bertz CT molecular complexity index is 1580. The van der Waals surface area contributed by atoms with Gasteiger partial charge in [0.05, 0.1) is 30.8 Å². The third-order valence-corrected chi connectivity index (χ3v) is 14.3. The van der Waals surface area contributed by atoms with Crippen LogP contribution in [-0.4, -0.2) is 77.0 Å². The SMILES string of the molecule is CC1CCC[C@@H](CN2CCOCC2)[C@@H]2CC[C@H]2CN2C[C@@]3(CCCc4cc(Cl)ccc43)COc3ccc(cc32)C(=O)NS(=O)(=O)[C@@H]1C. The smallest absolute Gasteiger partial charge is 0.264 e. The third-order valence-electron chi connectivity index (χ3n) is 12.2. The number of aryl methyl sites for hydroxylation is 1. The Morgan fingerprint density at radius 3 is 2.64 bits per heavy atom. The van der Waals surface area contributed by atoms with Crippen LogP contribution in [0.5, 0.6) is 5.75 Å². The number of amides is 1. The van der Waals surface area contributed by atoms with Gasteiger partial charge in [0.1, 0.15) is 5.75 Å². The second-order valence-corrected chi connectivity index (χ2v) is 17.5. The number of carbonyl (C=O) groups excluding carboxylic acids is 1. The first-order valence-electron chi connectivity index (χ1n) is 17.8. The molecule has 0 aromatic heterocycles. The van der Waals surface area contributed by atoms with E-state index in [1.54, 1.807) is 13.0 Å². The highest BCUT2D eigenvalue weighted by Crippen LogP contribution is 2.48. The molecule has 0 radical (unpaired) electrons. The Kier molecular flexibility index (Phi) is 9.55. The lowest BCUT2D eigenvalue weighted by molar-refractivity contribution is 0.00824. The summed E-state index contributed by atoms with van der Waals surface area (Å²) in [5, 5.41) is 0.0930. The summed E-state index contributed by atoms with van der Waals surface area (Å²) in [6.07, 6.45) is 8.41. The molecule has 10 heteroatoms. The van der Waals surface area contributed by atoms with Crippen LogP contribution in [0.25, 0.3) is 0 Å². The molecule has 5 aliphatic rings. The van der Waals surface area contributed by atoms with Crippen LogP contribution in [0.1, 0.15) is 80.3 Å². The second-order valence-electron chi connectivity index (χ2n) is 15.1. The monoisotopic (exact) mass is 683 g/mol. The van der Waals surface area contributed by atoms with Gasteiger partial charge in [-0.25, -0.2) is 13.1 Å². The number of hydrogen-bond donors (Lipinski definition) is 1. The molecule has 1 amide bonds. The molecule has 1 saturated carbocycles. The maximum absolute atomic E-state index is 13.5. The van der Waals surface area contributed by atoms with E-state index in [0.29, 0.717) is 29.9 Å². The first-order chi connectivity index (χ1) is 22.6. The van der Waals surface area contributed by atoms with Crippen molar-refractivity contribution in [3.8, 4) is 5.75 Å². The molecule has 47 heavy (non-hydrogen) atoms. The van der Waals surface area contributed by atoms with E-state index in [1.807, 2.05) is 25.1 Å². The summed E-state index contributed by atoms with van der Waals surface area (Å²) in [6.45, 7) is 10.6. The highest BCUT2D eigenvalue weighted by Gasteiger charge is 2.45. The van der Waals surface area contributed by atoms with Crippen molar-refractivity contribution in [1.82, 2.24) is 9.62 Å². The predicted molar refractivity (Wildman–Crippen MR) is 186 cm³/mol. The molecule has 1 saturated heterocycles. The Labute approximate surface area is 285 Å². The second kappa shape index (κ2) is 13.5. The number of fused-ring (bicyclic) bond motifs is 4. The van der Waals surface area contributed by atoms with Crippen molar-refractivity contribution in [2.24, 2.45) is 23.7 Å². The van der Waals surface area contributed by atoms with E-state index in [2.05, 4.69) is 26.7 Å². The van der Waals surface area contributed by atoms with Crippen LogP contribution in [-0.2, 0) is 26.6 Å². The molecule has 256 valence electrons. The molecule has 1 spiro atoms. The van der Waals surface area contributed by atoms with Gasteiger partial charge in [0, 0.05) is 48.7 Å². The van der Waals surface area contributed by atoms with Crippen molar-refractivity contribution in [2.45, 2.75) is 75.9 Å². The van der Waals surface area contributed by atoms with E-state index in [9.17, 15) is 13.2 Å². The third kappa shape index (κ3) is 6.79. The van der Waals surface area contributed by atoms with Gasteiger partial charge >= 0.3 is 0 Å². The van der Waals surface area contributed by atoms with E-state index in [0.717, 1.165) is 101 Å². The van der Waals surface area contributed by atoms with Crippen molar-refractivity contribution in [2.75, 3.05) is 57.4 Å². The molecule has 3 heterocycles. The van der Waals surface area contributed by atoms with Crippen LogP contribution < -0.4 is 14.4 Å². The summed E-state index contributed by atoms with van der Waals surface area (Å²) >= 11 is 6.47. The first kappa shape index (κ1) is 33.2. The molecular weight excluding hydrogens is 634 g/mol. The largest absolute Gasteiger partial charge is 0.490 e. The minimum atomic E-state index is -3.86. The Morgan fingerprint density at radius 2 is 1.85 bits per heavy atom. The molecule has 1 unspecified atom stereocenters. The summed E-state index contributed by atoms with van der Waals surface area (Å²) in [7, 11) is -3.86. The fourth-order valence-corrected chi connectivity index (χ4v) is 10.6. The van der Waals surface area contributed by atoms with Gasteiger partial charge in [0.15, 0.2) is 0 Å². The first-order valence-corrected chi connectivity index (χ1v) is 19.7. The molecule has 2 aliphatic carbocycles. The van der Waals surface area contributed by atoms with Crippen LogP contribution in [0.15, 0.2) is 36.4 Å². The average Bonchev–Trinajstić information content (AvgIpc) is 3.19. The van der Waals surface area contributed by atoms with Crippen molar-refractivity contribution < 1.29 is 22.7 Å². The van der Waals surface area contributed by atoms with Gasteiger partial charge in [0.2, 0.25) is 10.0 Å². The van der Waals surface area contributed by atoms with Gasteiger partial charge in [-0.2, -0.15) is 0 Å². The van der Waals surface area contributed by atoms with Crippen molar-refractivity contribution in [3.63, 3.8) is 0 Å². The molecule has 6 atom stereocenters. The van der Waals surface area contributed by atoms with Gasteiger partial charge in [-0.1, -0.05) is 31.0 Å². The summed E-state index contributed by atoms with van der Waals surface area (Å²) in [6, 6.07) is 11.8. The summed E-state index contributed by atoms with van der Waals surface area (Å²) < 4.78 is 41.6. The summed E-state index contributed by atoms with van der Waals surface area (Å²) in [5.41, 5.74) is 3.64. The zero-order valence-corrected chi connectivity index (χ0v) is 29.5. The van der Waals surface area contributed by atoms with Gasteiger partial charge in [0.25, 0.3) is 5.91 Å². The van der Waals surface area contributed by atoms with Crippen molar-refractivity contribution >= 4 is 33.2 Å². The number of halogens is 1. The fraction of sp³-hybridized carbons (Fsp3) is 0.649. The molecular formula is C37H50ClN3O5S. The number of rotatable bonds is 2. The van der Waals surface area contributed by atoms with E-state index < -0.39 is 21.2 Å². The molecule has 1 N–H and O–H groups in total. The Hall–Kier alpha value is -2.33. The summed E-state index contributed by atoms with van der Waals surface area (Å²) in [5.74, 6) is 1.82. The predicted octanol–water partition coefficient (Wildman–Crippen LogP) is 6.06. The Balaban J connectivity index is 1.27. The van der Waals surface area contributed by atoms with Crippen LogP contribution in [0.4, 0.5) is 5.69 Å². The van der Waals surface area contributed by atoms with Gasteiger partial charge < -0.3 is 14.4 Å². The van der Waals surface area contributed by atoms with Crippen molar-refractivity contribution in [1.29, 1.82) is 0 Å². The molecule has 8 nitrogen and oxygen atoms in total. The molecule has 2 aromatic rings. The zero-order valence-electron chi connectivity index (χ0n) is 27.9. The van der Waals surface area contributed by atoms with Crippen LogP contribution >= 0.6 is 11.6 Å². The van der Waals surface area contributed by atoms with E-state index >= 15 is 0 Å². The number of carbonyl (C=O) groups is 1. The van der Waals surface area contributed by atoms with Crippen LogP contribution in [0, 0.1) is 23.7 Å². The zero-order chi connectivity index (χ0) is 32.8. The normalized spacial score (nSPS) is 33.0. The van der Waals surface area contributed by atoms with Crippen LogP contribution in [0.3, 0.4) is 0 Å². The number of benzene rings is 2. The standard InChI is InChI=1S/C37H50ClN3O5S/c1-25-5-3-6-29(21-40-15-17-45-18-16-40)32-11-8-30(32)22-41-23-37(14-4-7-27-19-31(38)10-12-33(27)37)24-46-35-13-9-28(20-34(35)41)36(42)39-47(43,44)26(25)2/h9-10,12-13,19-20,25-26,29-30,32H,3-8,11,14-18,21-24H2,1-2H3,(H,39,42)/t25?,26-,29+,30+,32+,37+/m1/s1. The molecule has 3 aliphatic heterocycles. The highest BCUT2D eigenvalue weighted by molar-refractivity contribution is 7.90.